The molecule has 0 saturated carbocycles. The number of fused-ring (bicyclic) bond motifs is 1. The second-order valence-electron chi connectivity index (χ2n) is 6.78. The molecule has 29 heavy (non-hydrogen) atoms. The molecule has 1 aliphatic rings. The molecule has 4 rings (SSSR count). The van der Waals surface area contributed by atoms with Crippen LogP contribution in [0.5, 0.6) is 5.75 Å². The number of hydrogen-bond donors (Lipinski definition) is 1. The molecule has 1 saturated heterocycles. The highest BCUT2D eigenvalue weighted by Crippen LogP contribution is 2.25. The van der Waals surface area contributed by atoms with E-state index in [9.17, 15) is 4.79 Å². The van der Waals surface area contributed by atoms with Crippen molar-refractivity contribution in [3.05, 3.63) is 64.7 Å². The van der Waals surface area contributed by atoms with Crippen LogP contribution in [0.2, 0.25) is 5.02 Å². The lowest BCUT2D eigenvalue weighted by Crippen LogP contribution is -2.34. The number of carbonyl (C=O) groups is 1. The van der Waals surface area contributed by atoms with E-state index in [1.807, 2.05) is 12.1 Å². The fourth-order valence-electron chi connectivity index (χ4n) is 3.27. The highest BCUT2D eigenvalue weighted by molar-refractivity contribution is 6.30. The van der Waals surface area contributed by atoms with E-state index >= 15 is 0 Å². The lowest BCUT2D eigenvalue weighted by Gasteiger charge is -2.11. The molecule has 0 radical (unpaired) electrons. The van der Waals surface area contributed by atoms with Crippen LogP contribution in [0.3, 0.4) is 0 Å². The second-order valence-corrected chi connectivity index (χ2v) is 7.21. The zero-order valence-electron chi connectivity index (χ0n) is 16.0. The third-order valence-electron chi connectivity index (χ3n) is 4.77. The largest absolute Gasteiger partial charge is 0.493 e. The predicted octanol–water partition coefficient (Wildman–Crippen LogP) is 4.24. The summed E-state index contributed by atoms with van der Waals surface area (Å²) in [7, 11) is 1.57. The van der Waals surface area contributed by atoms with Crippen molar-refractivity contribution in [1.29, 1.82) is 0 Å². The predicted molar refractivity (Wildman–Crippen MR) is 111 cm³/mol. The Labute approximate surface area is 173 Å². The van der Waals surface area contributed by atoms with Crippen molar-refractivity contribution in [3.8, 4) is 5.75 Å². The maximum Gasteiger partial charge on any atom is 0.256 e. The highest BCUT2D eigenvalue weighted by Gasteiger charge is 2.19. The van der Waals surface area contributed by atoms with Gasteiger partial charge in [0.2, 0.25) is 5.55 Å². The minimum atomic E-state index is -0.262. The van der Waals surface area contributed by atoms with Crippen LogP contribution in [0.25, 0.3) is 11.0 Å². The number of hydrogen-bond acceptors (Lipinski definition) is 5. The Kier molecular flexibility index (Phi) is 5.83. The summed E-state index contributed by atoms with van der Waals surface area (Å²) < 4.78 is 17.0. The van der Waals surface area contributed by atoms with Gasteiger partial charge in [0.25, 0.3) is 5.91 Å². The molecule has 150 valence electrons. The first kappa shape index (κ1) is 19.5. The van der Waals surface area contributed by atoms with Gasteiger partial charge in [-0.1, -0.05) is 23.7 Å². The Balaban J connectivity index is 1.77. The van der Waals surface area contributed by atoms with Crippen LogP contribution in [0.15, 0.2) is 57.9 Å². The molecule has 0 aliphatic carbocycles. The minimum Gasteiger partial charge on any atom is -0.493 e. The van der Waals surface area contributed by atoms with Gasteiger partial charge in [-0.25, -0.2) is 4.99 Å². The summed E-state index contributed by atoms with van der Waals surface area (Å²) in [6.45, 7) is 1.19. The number of carbonyl (C=O) groups excluding carboxylic acids is 1. The fourth-order valence-corrected chi connectivity index (χ4v) is 3.40. The first-order valence-corrected chi connectivity index (χ1v) is 9.83. The average Bonchev–Trinajstić information content (AvgIpc) is 3.26. The second kappa shape index (κ2) is 8.68. The summed E-state index contributed by atoms with van der Waals surface area (Å²) in [5, 5.41) is 4.29. The SMILES string of the molecule is COc1cccc2cc(C(=O)NC[C@H]3CCCO3)c(=Nc3ccc(Cl)cc3)oc12. The van der Waals surface area contributed by atoms with Gasteiger partial charge in [0.05, 0.1) is 18.9 Å². The molecular weight excluding hydrogens is 392 g/mol. The molecule has 2 heterocycles. The number of rotatable bonds is 5. The third kappa shape index (κ3) is 4.44. The van der Waals surface area contributed by atoms with E-state index < -0.39 is 0 Å². The summed E-state index contributed by atoms with van der Waals surface area (Å²) >= 11 is 5.96. The van der Waals surface area contributed by atoms with E-state index in [-0.39, 0.29) is 17.6 Å². The number of nitrogens with one attached hydrogen (secondary N) is 1. The van der Waals surface area contributed by atoms with Gasteiger partial charge in [0.1, 0.15) is 5.56 Å². The minimum absolute atomic E-state index is 0.0492. The Hall–Kier alpha value is -2.83. The molecule has 6 nitrogen and oxygen atoms in total. The maximum atomic E-state index is 12.9. The maximum absolute atomic E-state index is 12.9. The summed E-state index contributed by atoms with van der Waals surface area (Å²) in [6.07, 6.45) is 2.01. The zero-order chi connectivity index (χ0) is 20.2. The highest BCUT2D eigenvalue weighted by atomic mass is 35.5. The van der Waals surface area contributed by atoms with E-state index in [1.54, 1.807) is 43.5 Å². The average molecular weight is 413 g/mol. The van der Waals surface area contributed by atoms with Gasteiger partial charge in [-0.3, -0.25) is 4.79 Å². The van der Waals surface area contributed by atoms with Crippen LogP contribution in [-0.4, -0.2) is 32.3 Å². The molecule has 0 spiro atoms. The summed E-state index contributed by atoms with van der Waals surface area (Å²) in [5.74, 6) is 0.308. The van der Waals surface area contributed by atoms with Gasteiger partial charge in [0, 0.05) is 23.6 Å². The van der Waals surface area contributed by atoms with E-state index in [1.165, 1.54) is 0 Å². The molecule has 1 fully saturated rings. The third-order valence-corrected chi connectivity index (χ3v) is 5.03. The number of nitrogens with zero attached hydrogens (tertiary/aromatic N) is 1. The molecule has 1 atom stereocenters. The summed E-state index contributed by atoms with van der Waals surface area (Å²) in [6, 6.07) is 14.3. The van der Waals surface area contributed by atoms with Gasteiger partial charge >= 0.3 is 0 Å². The van der Waals surface area contributed by atoms with Crippen molar-refractivity contribution in [2.75, 3.05) is 20.3 Å². The Bertz CT molecular complexity index is 1090. The zero-order valence-corrected chi connectivity index (χ0v) is 16.7. The molecule has 7 heteroatoms. The number of halogens is 1. The lowest BCUT2D eigenvalue weighted by molar-refractivity contribution is 0.0854. The Morgan fingerprint density at radius 3 is 2.83 bits per heavy atom. The molecule has 2 aromatic carbocycles. The molecular formula is C22H21ClN2O4. The van der Waals surface area contributed by atoms with Crippen LogP contribution < -0.4 is 15.6 Å². The Morgan fingerprint density at radius 1 is 1.28 bits per heavy atom. The van der Waals surface area contributed by atoms with Crippen LogP contribution in [0, 0.1) is 0 Å². The fraction of sp³-hybridized carbons (Fsp3) is 0.273. The van der Waals surface area contributed by atoms with Crippen LogP contribution in [0.1, 0.15) is 23.2 Å². The van der Waals surface area contributed by atoms with Crippen molar-refractivity contribution in [2.45, 2.75) is 18.9 Å². The number of ether oxygens (including phenoxy) is 2. The van der Waals surface area contributed by atoms with Crippen molar-refractivity contribution >= 4 is 34.2 Å². The van der Waals surface area contributed by atoms with Crippen molar-refractivity contribution in [2.24, 2.45) is 4.99 Å². The van der Waals surface area contributed by atoms with Crippen LogP contribution in [0.4, 0.5) is 5.69 Å². The molecule has 0 bridgehead atoms. The molecule has 1 aromatic heterocycles. The van der Waals surface area contributed by atoms with Gasteiger partial charge < -0.3 is 19.2 Å². The van der Waals surface area contributed by atoms with Gasteiger partial charge in [-0.2, -0.15) is 0 Å². The van der Waals surface area contributed by atoms with Crippen molar-refractivity contribution in [1.82, 2.24) is 5.32 Å². The molecule has 3 aromatic rings. The van der Waals surface area contributed by atoms with E-state index in [0.717, 1.165) is 24.8 Å². The number of methoxy groups -OCH3 is 1. The van der Waals surface area contributed by atoms with E-state index in [0.29, 0.717) is 34.2 Å². The normalized spacial score (nSPS) is 16.9. The summed E-state index contributed by atoms with van der Waals surface area (Å²) in [5.41, 5.74) is 1.70. The molecule has 1 aliphatic heterocycles. The smallest absolute Gasteiger partial charge is 0.256 e. The monoisotopic (exact) mass is 412 g/mol. The first-order valence-electron chi connectivity index (χ1n) is 9.45. The topological polar surface area (TPSA) is 73.1 Å². The van der Waals surface area contributed by atoms with E-state index in [4.69, 9.17) is 25.5 Å². The first-order chi connectivity index (χ1) is 14.1. The number of para-hydroxylation sites is 1. The van der Waals surface area contributed by atoms with Crippen LogP contribution in [-0.2, 0) is 4.74 Å². The number of amides is 1. The Morgan fingerprint density at radius 2 is 2.10 bits per heavy atom. The quantitative estimate of drug-likeness (QED) is 0.680. The van der Waals surface area contributed by atoms with Crippen molar-refractivity contribution in [3.63, 3.8) is 0 Å². The molecule has 0 unspecified atom stereocenters. The van der Waals surface area contributed by atoms with Gasteiger partial charge in [-0.05, 0) is 49.2 Å². The summed E-state index contributed by atoms with van der Waals surface area (Å²) in [4.78, 5) is 17.5. The van der Waals surface area contributed by atoms with Gasteiger partial charge in [0.15, 0.2) is 11.3 Å². The molecule has 1 N–H and O–H groups in total. The van der Waals surface area contributed by atoms with E-state index in [2.05, 4.69) is 10.3 Å². The standard InChI is InChI=1S/C22H21ClN2O4/c1-27-19-6-2-4-14-12-18(21(26)24-13-17-5-3-11-28-17)22(29-20(14)19)25-16-9-7-15(23)8-10-16/h2,4,6-10,12,17H,3,5,11,13H2,1H3,(H,24,26)/t17-/m1/s1. The van der Waals surface area contributed by atoms with Gasteiger partial charge in [-0.15, -0.1) is 0 Å². The lowest BCUT2D eigenvalue weighted by atomic mass is 10.1. The van der Waals surface area contributed by atoms with Crippen LogP contribution >= 0.6 is 11.6 Å². The molecule has 1 amide bonds. The van der Waals surface area contributed by atoms with Crippen molar-refractivity contribution < 1.29 is 18.7 Å². The number of benzene rings is 2.